The molecule has 2 aliphatic heterocycles. The Balaban J connectivity index is 0.00000280. The molecule has 3 atom stereocenters. The van der Waals surface area contributed by atoms with E-state index in [1.54, 1.807) is 0 Å². The Bertz CT molecular complexity index is 606. The average molecular weight is 499 g/mol. The first kappa shape index (κ1) is 23.3. The smallest absolute Gasteiger partial charge is 0.191 e. The molecule has 0 aromatic heterocycles. The van der Waals surface area contributed by atoms with Gasteiger partial charge in [-0.05, 0) is 51.2 Å². The standard InChI is InChI=1S/C22H37N5.HI/c1-5-23-22(25-21-16-27(17(2)3)14-18(21)4)24-13-19-11-12-26(15-19)20-9-7-6-8-10-20;/h6-10,17-19,21H,5,11-16H2,1-4H3,(H2,23,24,25);1H. The van der Waals surface area contributed by atoms with E-state index in [9.17, 15) is 0 Å². The number of guanidine groups is 1. The van der Waals surface area contributed by atoms with Crippen LogP contribution in [0.2, 0.25) is 0 Å². The Kier molecular flexibility index (Phi) is 9.34. The van der Waals surface area contributed by atoms with Crippen LogP contribution >= 0.6 is 24.0 Å². The van der Waals surface area contributed by atoms with Gasteiger partial charge >= 0.3 is 0 Å². The van der Waals surface area contributed by atoms with Gasteiger partial charge in [-0.2, -0.15) is 0 Å². The van der Waals surface area contributed by atoms with Crippen LogP contribution in [-0.4, -0.2) is 62.2 Å². The first-order valence-electron chi connectivity index (χ1n) is 10.7. The van der Waals surface area contributed by atoms with Gasteiger partial charge in [-0.25, -0.2) is 0 Å². The first-order chi connectivity index (χ1) is 13.1. The Morgan fingerprint density at radius 2 is 1.93 bits per heavy atom. The lowest BCUT2D eigenvalue weighted by molar-refractivity contribution is 0.265. The van der Waals surface area contributed by atoms with E-state index in [1.807, 2.05) is 0 Å². The van der Waals surface area contributed by atoms with Crippen molar-refractivity contribution < 1.29 is 0 Å². The summed E-state index contributed by atoms with van der Waals surface area (Å²) in [6.07, 6.45) is 1.22. The fourth-order valence-electron chi connectivity index (χ4n) is 4.18. The van der Waals surface area contributed by atoms with Crippen LogP contribution in [0.3, 0.4) is 0 Å². The minimum atomic E-state index is 0. The van der Waals surface area contributed by atoms with Crippen molar-refractivity contribution >= 4 is 35.6 Å². The molecule has 2 heterocycles. The lowest BCUT2D eigenvalue weighted by atomic mass is 10.1. The summed E-state index contributed by atoms with van der Waals surface area (Å²) < 4.78 is 0. The van der Waals surface area contributed by atoms with Crippen LogP contribution in [0.4, 0.5) is 5.69 Å². The molecule has 2 saturated heterocycles. The predicted molar refractivity (Wildman–Crippen MR) is 131 cm³/mol. The molecule has 0 spiro atoms. The van der Waals surface area contributed by atoms with Gasteiger partial charge in [-0.15, -0.1) is 24.0 Å². The molecule has 5 nitrogen and oxygen atoms in total. The second kappa shape index (κ2) is 11.2. The molecule has 2 aliphatic rings. The Morgan fingerprint density at radius 3 is 2.57 bits per heavy atom. The largest absolute Gasteiger partial charge is 0.371 e. The molecule has 3 unspecified atom stereocenters. The number of nitrogens with zero attached hydrogens (tertiary/aromatic N) is 3. The highest BCUT2D eigenvalue weighted by Crippen LogP contribution is 2.23. The number of likely N-dealkylation sites (tertiary alicyclic amines) is 1. The molecular formula is C22H38IN5. The third-order valence-electron chi connectivity index (χ3n) is 5.95. The van der Waals surface area contributed by atoms with Crippen molar-refractivity contribution in [3.05, 3.63) is 30.3 Å². The molecule has 2 N–H and O–H groups in total. The first-order valence-corrected chi connectivity index (χ1v) is 10.7. The van der Waals surface area contributed by atoms with E-state index in [1.165, 1.54) is 18.7 Å². The van der Waals surface area contributed by atoms with Crippen molar-refractivity contribution in [3.63, 3.8) is 0 Å². The van der Waals surface area contributed by atoms with Crippen molar-refractivity contribution in [1.82, 2.24) is 15.5 Å². The molecule has 1 aromatic carbocycles. The van der Waals surface area contributed by atoms with E-state index in [2.05, 4.69) is 78.5 Å². The molecule has 1 aromatic rings. The van der Waals surface area contributed by atoms with Crippen molar-refractivity contribution in [2.75, 3.05) is 44.2 Å². The number of benzene rings is 1. The summed E-state index contributed by atoms with van der Waals surface area (Å²) in [5, 5.41) is 7.15. The summed E-state index contributed by atoms with van der Waals surface area (Å²) >= 11 is 0. The quantitative estimate of drug-likeness (QED) is 0.358. The molecule has 6 heteroatoms. The molecular weight excluding hydrogens is 461 g/mol. The maximum absolute atomic E-state index is 4.94. The van der Waals surface area contributed by atoms with Crippen LogP contribution in [0.1, 0.15) is 34.1 Å². The zero-order valence-corrected chi connectivity index (χ0v) is 20.2. The summed E-state index contributed by atoms with van der Waals surface area (Å²) in [6, 6.07) is 11.8. The summed E-state index contributed by atoms with van der Waals surface area (Å²) in [7, 11) is 0. The molecule has 0 aliphatic carbocycles. The Labute approximate surface area is 188 Å². The number of rotatable bonds is 6. The number of halogens is 1. The number of anilines is 1. The van der Waals surface area contributed by atoms with Crippen molar-refractivity contribution in [2.45, 2.75) is 46.2 Å². The fourth-order valence-corrected chi connectivity index (χ4v) is 4.18. The van der Waals surface area contributed by atoms with Crippen LogP contribution in [0, 0.1) is 11.8 Å². The van der Waals surface area contributed by atoms with E-state index in [4.69, 9.17) is 4.99 Å². The minimum Gasteiger partial charge on any atom is -0.371 e. The molecule has 28 heavy (non-hydrogen) atoms. The summed E-state index contributed by atoms with van der Waals surface area (Å²) in [4.78, 5) is 9.98. The number of hydrogen-bond donors (Lipinski definition) is 2. The van der Waals surface area contributed by atoms with Gasteiger partial charge in [-0.1, -0.05) is 25.1 Å². The van der Waals surface area contributed by atoms with E-state index in [0.29, 0.717) is 23.9 Å². The molecule has 0 radical (unpaired) electrons. The van der Waals surface area contributed by atoms with Gasteiger partial charge in [-0.3, -0.25) is 9.89 Å². The highest BCUT2D eigenvalue weighted by atomic mass is 127. The van der Waals surface area contributed by atoms with E-state index < -0.39 is 0 Å². The zero-order valence-electron chi connectivity index (χ0n) is 17.9. The zero-order chi connectivity index (χ0) is 19.2. The van der Waals surface area contributed by atoms with Crippen molar-refractivity contribution in [3.8, 4) is 0 Å². The van der Waals surface area contributed by atoms with Crippen LogP contribution < -0.4 is 15.5 Å². The van der Waals surface area contributed by atoms with Crippen molar-refractivity contribution in [2.24, 2.45) is 16.8 Å². The second-order valence-corrected chi connectivity index (χ2v) is 8.43. The third-order valence-corrected chi connectivity index (χ3v) is 5.95. The van der Waals surface area contributed by atoms with Gasteiger partial charge < -0.3 is 15.5 Å². The molecule has 2 fully saturated rings. The summed E-state index contributed by atoms with van der Waals surface area (Å²) in [5.74, 6) is 2.27. The normalized spacial score (nSPS) is 25.8. The lowest BCUT2D eigenvalue weighted by Crippen LogP contribution is -2.47. The number of nitrogens with one attached hydrogen (secondary N) is 2. The fraction of sp³-hybridized carbons (Fsp3) is 0.682. The second-order valence-electron chi connectivity index (χ2n) is 8.43. The Hall–Kier alpha value is -1.02. The van der Waals surface area contributed by atoms with Crippen molar-refractivity contribution in [1.29, 1.82) is 0 Å². The highest BCUT2D eigenvalue weighted by molar-refractivity contribution is 14.0. The average Bonchev–Trinajstić information content (AvgIpc) is 3.28. The molecule has 0 bridgehead atoms. The molecule has 158 valence electrons. The number of para-hydroxylation sites is 1. The number of hydrogen-bond acceptors (Lipinski definition) is 3. The maximum atomic E-state index is 4.94. The summed E-state index contributed by atoms with van der Waals surface area (Å²) in [5.41, 5.74) is 1.34. The molecule has 0 saturated carbocycles. The maximum Gasteiger partial charge on any atom is 0.191 e. The van der Waals surface area contributed by atoms with Gasteiger partial charge in [0.25, 0.3) is 0 Å². The molecule has 3 rings (SSSR count). The highest BCUT2D eigenvalue weighted by Gasteiger charge is 2.31. The van der Waals surface area contributed by atoms with E-state index in [0.717, 1.165) is 38.7 Å². The number of aliphatic imine (C=N–C) groups is 1. The van der Waals surface area contributed by atoms with E-state index >= 15 is 0 Å². The van der Waals surface area contributed by atoms with Gasteiger partial charge in [0.15, 0.2) is 5.96 Å². The van der Waals surface area contributed by atoms with Crippen LogP contribution in [0.25, 0.3) is 0 Å². The predicted octanol–water partition coefficient (Wildman–Crippen LogP) is 3.41. The van der Waals surface area contributed by atoms with Crippen LogP contribution in [0.5, 0.6) is 0 Å². The van der Waals surface area contributed by atoms with Gasteiger partial charge in [0.1, 0.15) is 0 Å². The SMILES string of the molecule is CCNC(=NCC1CCN(c2ccccc2)C1)NC1CN(C(C)C)CC1C.I. The lowest BCUT2D eigenvalue weighted by Gasteiger charge is -2.22. The van der Waals surface area contributed by atoms with Gasteiger partial charge in [0, 0.05) is 57.0 Å². The monoisotopic (exact) mass is 499 g/mol. The topological polar surface area (TPSA) is 42.9 Å². The van der Waals surface area contributed by atoms with E-state index in [-0.39, 0.29) is 24.0 Å². The van der Waals surface area contributed by atoms with Crippen LogP contribution in [-0.2, 0) is 0 Å². The Morgan fingerprint density at radius 1 is 1.18 bits per heavy atom. The minimum absolute atomic E-state index is 0. The van der Waals surface area contributed by atoms with Gasteiger partial charge in [0.2, 0.25) is 0 Å². The van der Waals surface area contributed by atoms with Crippen LogP contribution in [0.15, 0.2) is 35.3 Å². The third kappa shape index (κ3) is 6.24. The van der Waals surface area contributed by atoms with Gasteiger partial charge in [0.05, 0.1) is 0 Å². The summed E-state index contributed by atoms with van der Waals surface area (Å²) in [6.45, 7) is 15.4. The molecule has 0 amide bonds.